The maximum Gasteiger partial charge on any atom is 0.319 e. The van der Waals surface area contributed by atoms with Crippen LogP contribution in [0.2, 0.25) is 0 Å². The predicted molar refractivity (Wildman–Crippen MR) is 81.8 cm³/mol. The number of halogens is 2. The number of amides is 2. The summed E-state index contributed by atoms with van der Waals surface area (Å²) in [4.78, 5) is 22.8. The molecule has 0 radical (unpaired) electrons. The van der Waals surface area contributed by atoms with Crippen LogP contribution in [0.5, 0.6) is 0 Å². The second-order valence-corrected chi connectivity index (χ2v) is 6.59. The molecule has 1 aromatic rings. The highest BCUT2D eigenvalue weighted by Crippen LogP contribution is 2.24. The van der Waals surface area contributed by atoms with Gasteiger partial charge < -0.3 is 15.7 Å². The molecule has 0 aliphatic heterocycles. The van der Waals surface area contributed by atoms with E-state index in [0.717, 1.165) is 0 Å². The molecule has 21 heavy (non-hydrogen) atoms. The molecule has 0 aromatic heterocycles. The summed E-state index contributed by atoms with van der Waals surface area (Å²) < 4.78 is 13.7. The van der Waals surface area contributed by atoms with Crippen LogP contribution in [0, 0.1) is 11.2 Å². The Kier molecular flexibility index (Phi) is 5.71. The lowest BCUT2D eigenvalue weighted by atomic mass is 9.85. The van der Waals surface area contributed by atoms with Crippen molar-refractivity contribution in [3.05, 3.63) is 28.5 Å². The Labute approximate surface area is 131 Å². The average molecular weight is 361 g/mol. The Hall–Kier alpha value is -1.63. The smallest absolute Gasteiger partial charge is 0.319 e. The topological polar surface area (TPSA) is 78.4 Å². The SMILES string of the molecule is CC(C)(C)C(CC(=O)O)NC(=O)Nc1cc(F)ccc1Br. The van der Waals surface area contributed by atoms with E-state index in [0.29, 0.717) is 4.47 Å². The van der Waals surface area contributed by atoms with Gasteiger partial charge in [-0.3, -0.25) is 4.79 Å². The van der Waals surface area contributed by atoms with Crippen LogP contribution >= 0.6 is 15.9 Å². The number of carbonyl (C=O) groups excluding carboxylic acids is 1. The minimum Gasteiger partial charge on any atom is -0.481 e. The van der Waals surface area contributed by atoms with Crippen molar-refractivity contribution in [2.45, 2.75) is 33.2 Å². The molecule has 1 rings (SSSR count). The number of anilines is 1. The van der Waals surface area contributed by atoms with Crippen molar-refractivity contribution in [2.24, 2.45) is 5.41 Å². The van der Waals surface area contributed by atoms with Gasteiger partial charge >= 0.3 is 12.0 Å². The largest absolute Gasteiger partial charge is 0.481 e. The summed E-state index contributed by atoms with van der Waals surface area (Å²) in [7, 11) is 0. The predicted octanol–water partition coefficient (Wildman–Crippen LogP) is 3.60. The van der Waals surface area contributed by atoms with E-state index in [1.807, 2.05) is 20.8 Å². The van der Waals surface area contributed by atoms with Gasteiger partial charge in [-0.2, -0.15) is 0 Å². The van der Waals surface area contributed by atoms with Crippen LogP contribution in [0.4, 0.5) is 14.9 Å². The van der Waals surface area contributed by atoms with Gasteiger partial charge in [-0.1, -0.05) is 20.8 Å². The molecule has 0 saturated heterocycles. The van der Waals surface area contributed by atoms with Crippen LogP contribution in [0.25, 0.3) is 0 Å². The first kappa shape index (κ1) is 17.4. The Bertz CT molecular complexity index is 544. The second kappa shape index (κ2) is 6.89. The van der Waals surface area contributed by atoms with E-state index in [-0.39, 0.29) is 12.1 Å². The summed E-state index contributed by atoms with van der Waals surface area (Å²) in [6.45, 7) is 5.50. The minimum atomic E-state index is -0.998. The molecule has 0 bridgehead atoms. The fourth-order valence-electron chi connectivity index (χ4n) is 1.66. The first-order chi connectivity index (χ1) is 9.59. The van der Waals surface area contributed by atoms with Crippen LogP contribution < -0.4 is 10.6 Å². The van der Waals surface area contributed by atoms with Gasteiger partial charge in [0.2, 0.25) is 0 Å². The number of nitrogens with one attached hydrogen (secondary N) is 2. The minimum absolute atomic E-state index is 0.193. The zero-order chi connectivity index (χ0) is 16.2. The van der Waals surface area contributed by atoms with E-state index < -0.39 is 29.3 Å². The maximum atomic E-state index is 13.2. The van der Waals surface area contributed by atoms with E-state index in [1.54, 1.807) is 0 Å². The van der Waals surface area contributed by atoms with E-state index in [4.69, 9.17) is 5.11 Å². The number of urea groups is 1. The third kappa shape index (κ3) is 5.71. The molecule has 1 atom stereocenters. The van der Waals surface area contributed by atoms with E-state index in [2.05, 4.69) is 26.6 Å². The number of carboxylic acid groups (broad SMARTS) is 1. The Morgan fingerprint density at radius 3 is 2.52 bits per heavy atom. The molecule has 5 nitrogen and oxygen atoms in total. The number of carbonyl (C=O) groups is 2. The van der Waals surface area contributed by atoms with Crippen molar-refractivity contribution in [3.8, 4) is 0 Å². The molecule has 1 unspecified atom stereocenters. The van der Waals surface area contributed by atoms with Gasteiger partial charge in [0.05, 0.1) is 12.1 Å². The average Bonchev–Trinajstić information content (AvgIpc) is 2.31. The Balaban J connectivity index is 2.78. The molecule has 3 N–H and O–H groups in total. The third-order valence-electron chi connectivity index (χ3n) is 2.91. The lowest BCUT2D eigenvalue weighted by Gasteiger charge is -2.30. The summed E-state index contributed by atoms with van der Waals surface area (Å²) >= 11 is 3.20. The van der Waals surface area contributed by atoms with Crippen molar-refractivity contribution in [3.63, 3.8) is 0 Å². The van der Waals surface area contributed by atoms with E-state index in [9.17, 15) is 14.0 Å². The molecule has 0 spiro atoms. The molecule has 2 amide bonds. The van der Waals surface area contributed by atoms with Gasteiger partial charge in [-0.05, 0) is 39.5 Å². The summed E-state index contributed by atoms with van der Waals surface area (Å²) in [5.74, 6) is -1.48. The Morgan fingerprint density at radius 2 is 2.00 bits per heavy atom. The third-order valence-corrected chi connectivity index (χ3v) is 3.60. The van der Waals surface area contributed by atoms with Crippen LogP contribution in [0.15, 0.2) is 22.7 Å². The zero-order valence-corrected chi connectivity index (χ0v) is 13.6. The van der Waals surface area contributed by atoms with Gasteiger partial charge in [-0.15, -0.1) is 0 Å². The summed E-state index contributed by atoms with van der Waals surface area (Å²) in [6.07, 6.45) is -0.193. The van der Waals surface area contributed by atoms with E-state index in [1.165, 1.54) is 18.2 Å². The second-order valence-electron chi connectivity index (χ2n) is 5.74. The monoisotopic (exact) mass is 360 g/mol. The molecule has 0 saturated carbocycles. The van der Waals surface area contributed by atoms with Gasteiger partial charge in [0, 0.05) is 10.5 Å². The summed E-state index contributed by atoms with van der Waals surface area (Å²) in [5.41, 5.74) is -0.148. The quantitative estimate of drug-likeness (QED) is 0.767. The first-order valence-corrected chi connectivity index (χ1v) is 7.13. The molecular weight excluding hydrogens is 343 g/mol. The maximum absolute atomic E-state index is 13.2. The van der Waals surface area contributed by atoms with Crippen molar-refractivity contribution < 1.29 is 19.1 Å². The van der Waals surface area contributed by atoms with E-state index >= 15 is 0 Å². The fourth-order valence-corrected chi connectivity index (χ4v) is 2.00. The molecular formula is C14H18BrFN2O3. The molecule has 0 heterocycles. The number of carboxylic acids is 1. The highest BCUT2D eigenvalue weighted by Gasteiger charge is 2.28. The van der Waals surface area contributed by atoms with Crippen molar-refractivity contribution >= 4 is 33.6 Å². The summed E-state index contributed by atoms with van der Waals surface area (Å²) in [6, 6.07) is 2.77. The zero-order valence-electron chi connectivity index (χ0n) is 12.0. The standard InChI is InChI=1S/C14H18BrFN2O3/c1-14(2,3)11(7-12(19)20)18-13(21)17-10-6-8(16)4-5-9(10)15/h4-6,11H,7H2,1-3H3,(H,19,20)(H2,17,18,21). The van der Waals surface area contributed by atoms with Crippen molar-refractivity contribution in [2.75, 3.05) is 5.32 Å². The number of hydrogen-bond donors (Lipinski definition) is 3. The lowest BCUT2D eigenvalue weighted by Crippen LogP contribution is -2.46. The van der Waals surface area contributed by atoms with Crippen LogP contribution in [0.1, 0.15) is 27.2 Å². The highest BCUT2D eigenvalue weighted by molar-refractivity contribution is 9.10. The van der Waals surface area contributed by atoms with Crippen LogP contribution in [-0.2, 0) is 4.79 Å². The number of benzene rings is 1. The molecule has 0 aliphatic carbocycles. The number of hydrogen-bond acceptors (Lipinski definition) is 2. The van der Waals surface area contributed by atoms with Gasteiger partial charge in [-0.25, -0.2) is 9.18 Å². The molecule has 0 fully saturated rings. The number of rotatable bonds is 4. The van der Waals surface area contributed by atoms with Gasteiger partial charge in [0.1, 0.15) is 5.82 Å². The van der Waals surface area contributed by atoms with Gasteiger partial charge in [0.25, 0.3) is 0 Å². The molecule has 0 aliphatic rings. The van der Waals surface area contributed by atoms with Crippen molar-refractivity contribution in [1.82, 2.24) is 5.32 Å². The number of aliphatic carboxylic acids is 1. The van der Waals surface area contributed by atoms with Crippen LogP contribution in [-0.4, -0.2) is 23.1 Å². The highest BCUT2D eigenvalue weighted by atomic mass is 79.9. The fraction of sp³-hybridized carbons (Fsp3) is 0.429. The van der Waals surface area contributed by atoms with Crippen LogP contribution in [0.3, 0.4) is 0 Å². The molecule has 116 valence electrons. The molecule has 7 heteroatoms. The Morgan fingerprint density at radius 1 is 1.38 bits per heavy atom. The normalized spacial score (nSPS) is 12.6. The lowest BCUT2D eigenvalue weighted by molar-refractivity contribution is -0.138. The molecule has 1 aromatic carbocycles. The first-order valence-electron chi connectivity index (χ1n) is 6.34. The van der Waals surface area contributed by atoms with Gasteiger partial charge in [0.15, 0.2) is 0 Å². The van der Waals surface area contributed by atoms with Crippen molar-refractivity contribution in [1.29, 1.82) is 0 Å². The summed E-state index contributed by atoms with van der Waals surface area (Å²) in [5, 5.41) is 14.0.